The normalized spacial score (nSPS) is 11.7. The van der Waals surface area contributed by atoms with Gasteiger partial charge in [0.15, 0.2) is 0 Å². The molecule has 0 unspecified atom stereocenters. The van der Waals surface area contributed by atoms with Crippen molar-refractivity contribution in [2.24, 2.45) is 7.05 Å². The number of carbonyl (C=O) groups excluding carboxylic acids is 1. The van der Waals surface area contributed by atoms with Gasteiger partial charge in [-0.25, -0.2) is 9.37 Å². The van der Waals surface area contributed by atoms with E-state index in [9.17, 15) is 9.18 Å². The van der Waals surface area contributed by atoms with Crippen molar-refractivity contribution in [1.82, 2.24) is 14.9 Å². The molecule has 0 saturated heterocycles. The van der Waals surface area contributed by atoms with E-state index >= 15 is 0 Å². The van der Waals surface area contributed by atoms with E-state index in [-0.39, 0.29) is 18.3 Å². The highest BCUT2D eigenvalue weighted by molar-refractivity contribution is 6.30. The zero-order chi connectivity index (χ0) is 22.5. The van der Waals surface area contributed by atoms with E-state index in [1.54, 1.807) is 54.7 Å². The van der Waals surface area contributed by atoms with Crippen LogP contribution >= 0.6 is 11.6 Å². The number of benzene rings is 3. The first-order valence-corrected chi connectivity index (χ1v) is 10.4. The molecule has 7 heteroatoms. The van der Waals surface area contributed by atoms with Gasteiger partial charge in [0.1, 0.15) is 30.0 Å². The first-order valence-electron chi connectivity index (χ1n) is 10.0. The molecule has 1 atom stereocenters. The average molecular weight is 450 g/mol. The van der Waals surface area contributed by atoms with Gasteiger partial charge >= 0.3 is 0 Å². The molecule has 0 aliphatic rings. The second-order valence-corrected chi connectivity index (χ2v) is 7.73. The second kappa shape index (κ2) is 9.66. The summed E-state index contributed by atoms with van der Waals surface area (Å²) in [5.74, 6) is 0.682. The lowest BCUT2D eigenvalue weighted by Gasteiger charge is -2.19. The van der Waals surface area contributed by atoms with E-state index in [0.717, 1.165) is 11.1 Å². The Kier molecular flexibility index (Phi) is 6.52. The fourth-order valence-corrected chi connectivity index (χ4v) is 3.42. The molecule has 0 aliphatic heterocycles. The van der Waals surface area contributed by atoms with Crippen molar-refractivity contribution in [2.45, 2.75) is 12.6 Å². The number of amides is 1. The molecule has 0 aliphatic carbocycles. The van der Waals surface area contributed by atoms with Gasteiger partial charge in [-0.1, -0.05) is 41.9 Å². The van der Waals surface area contributed by atoms with Crippen LogP contribution in [0.25, 0.3) is 0 Å². The molecule has 32 heavy (non-hydrogen) atoms. The molecule has 162 valence electrons. The average Bonchev–Trinajstić information content (AvgIpc) is 3.23. The maximum Gasteiger partial charge on any atom is 0.252 e. The summed E-state index contributed by atoms with van der Waals surface area (Å²) in [5.41, 5.74) is 2.15. The molecule has 1 aromatic heterocycles. The van der Waals surface area contributed by atoms with Crippen LogP contribution in [0, 0.1) is 5.82 Å². The summed E-state index contributed by atoms with van der Waals surface area (Å²) < 4.78 is 20.7. The summed E-state index contributed by atoms with van der Waals surface area (Å²) in [6.07, 6.45) is 3.52. The minimum absolute atomic E-state index is 0.264. The van der Waals surface area contributed by atoms with E-state index in [4.69, 9.17) is 16.3 Å². The van der Waals surface area contributed by atoms with E-state index in [2.05, 4.69) is 10.3 Å². The monoisotopic (exact) mass is 449 g/mol. The number of nitrogens with zero attached hydrogens (tertiary/aromatic N) is 2. The van der Waals surface area contributed by atoms with Gasteiger partial charge in [0.2, 0.25) is 0 Å². The van der Waals surface area contributed by atoms with Crippen LogP contribution in [0.2, 0.25) is 5.02 Å². The number of halogens is 2. The van der Waals surface area contributed by atoms with Crippen molar-refractivity contribution in [2.75, 3.05) is 0 Å². The number of imidazole rings is 1. The molecule has 4 aromatic rings. The summed E-state index contributed by atoms with van der Waals surface area (Å²) in [5, 5.41) is 3.67. The van der Waals surface area contributed by atoms with Crippen molar-refractivity contribution in [3.05, 3.63) is 119 Å². The molecular formula is C25H21ClFN3O2. The first-order chi connectivity index (χ1) is 15.5. The lowest BCUT2D eigenvalue weighted by molar-refractivity contribution is 0.0940. The zero-order valence-corrected chi connectivity index (χ0v) is 18.1. The zero-order valence-electron chi connectivity index (χ0n) is 17.3. The molecule has 1 N–H and O–H groups in total. The summed E-state index contributed by atoms with van der Waals surface area (Å²) in [6.45, 7) is 0.270. The number of rotatable bonds is 7. The van der Waals surface area contributed by atoms with Crippen molar-refractivity contribution < 1.29 is 13.9 Å². The molecule has 0 spiro atoms. The number of ether oxygens (including phenoxy) is 1. The van der Waals surface area contributed by atoms with Gasteiger partial charge in [0.05, 0.1) is 0 Å². The molecule has 3 aromatic carbocycles. The van der Waals surface area contributed by atoms with Crippen molar-refractivity contribution in [3.63, 3.8) is 0 Å². The fourth-order valence-electron chi connectivity index (χ4n) is 3.30. The molecule has 4 rings (SSSR count). The molecular weight excluding hydrogens is 429 g/mol. The third kappa shape index (κ3) is 5.15. The second-order valence-electron chi connectivity index (χ2n) is 7.30. The predicted octanol–water partition coefficient (Wildman–Crippen LogP) is 5.31. The van der Waals surface area contributed by atoms with Crippen LogP contribution in [0.4, 0.5) is 4.39 Å². The Morgan fingerprint density at radius 2 is 1.88 bits per heavy atom. The van der Waals surface area contributed by atoms with Gasteiger partial charge in [-0.3, -0.25) is 4.79 Å². The van der Waals surface area contributed by atoms with Crippen LogP contribution in [0.15, 0.2) is 85.2 Å². The SMILES string of the molecule is Cn1ccnc1[C@@H](NC(=O)c1cccc(OCc2ccc(F)cc2)c1)c1ccc(Cl)cc1. The number of aromatic nitrogens is 2. The summed E-state index contributed by atoms with van der Waals surface area (Å²) in [6, 6.07) is 19.9. The molecule has 0 radical (unpaired) electrons. The molecule has 0 fully saturated rings. The standard InChI is InChI=1S/C25H21ClFN3O2/c1-30-14-13-28-24(30)23(18-7-9-20(26)10-8-18)29-25(31)19-3-2-4-22(15-19)32-16-17-5-11-21(27)12-6-17/h2-15,23H,16H2,1H3,(H,29,31)/t23-/m0/s1. The van der Waals surface area contributed by atoms with Crippen molar-refractivity contribution in [3.8, 4) is 5.75 Å². The smallest absolute Gasteiger partial charge is 0.252 e. The third-order valence-electron chi connectivity index (χ3n) is 5.01. The first kappa shape index (κ1) is 21.6. The van der Waals surface area contributed by atoms with E-state index in [1.165, 1.54) is 12.1 Å². The number of carbonyl (C=O) groups is 1. The van der Waals surface area contributed by atoms with E-state index < -0.39 is 6.04 Å². The summed E-state index contributed by atoms with van der Waals surface area (Å²) in [7, 11) is 1.88. The van der Waals surface area contributed by atoms with E-state index in [1.807, 2.05) is 29.9 Å². The number of hydrogen-bond donors (Lipinski definition) is 1. The third-order valence-corrected chi connectivity index (χ3v) is 5.26. The van der Waals surface area contributed by atoms with Gasteiger partial charge < -0.3 is 14.6 Å². The maximum absolute atomic E-state index is 13.1. The van der Waals surface area contributed by atoms with Crippen LogP contribution in [-0.4, -0.2) is 15.5 Å². The predicted molar refractivity (Wildman–Crippen MR) is 121 cm³/mol. The molecule has 5 nitrogen and oxygen atoms in total. The number of aryl methyl sites for hydroxylation is 1. The number of hydrogen-bond acceptors (Lipinski definition) is 3. The number of nitrogens with one attached hydrogen (secondary N) is 1. The Hall–Kier alpha value is -3.64. The largest absolute Gasteiger partial charge is 0.489 e. The summed E-state index contributed by atoms with van der Waals surface area (Å²) >= 11 is 6.03. The highest BCUT2D eigenvalue weighted by Gasteiger charge is 2.21. The van der Waals surface area contributed by atoms with Gasteiger partial charge in [-0.15, -0.1) is 0 Å². The van der Waals surface area contributed by atoms with Gasteiger partial charge in [0.25, 0.3) is 5.91 Å². The Bertz CT molecular complexity index is 1210. The van der Waals surface area contributed by atoms with Crippen LogP contribution in [0.3, 0.4) is 0 Å². The van der Waals surface area contributed by atoms with E-state index in [0.29, 0.717) is 22.2 Å². The molecule has 1 amide bonds. The Morgan fingerprint density at radius 3 is 2.56 bits per heavy atom. The highest BCUT2D eigenvalue weighted by atomic mass is 35.5. The maximum atomic E-state index is 13.1. The molecule has 0 saturated carbocycles. The molecule has 0 bridgehead atoms. The molecule has 1 heterocycles. The van der Waals surface area contributed by atoms with Crippen molar-refractivity contribution in [1.29, 1.82) is 0 Å². The van der Waals surface area contributed by atoms with Gasteiger partial charge in [0, 0.05) is 30.0 Å². The highest BCUT2D eigenvalue weighted by Crippen LogP contribution is 2.23. The summed E-state index contributed by atoms with van der Waals surface area (Å²) in [4.78, 5) is 17.5. The Morgan fingerprint density at radius 1 is 1.12 bits per heavy atom. The van der Waals surface area contributed by atoms with Gasteiger partial charge in [-0.2, -0.15) is 0 Å². The lowest BCUT2D eigenvalue weighted by atomic mass is 10.1. The Labute approximate surface area is 190 Å². The lowest BCUT2D eigenvalue weighted by Crippen LogP contribution is -2.31. The van der Waals surface area contributed by atoms with Crippen LogP contribution in [-0.2, 0) is 13.7 Å². The van der Waals surface area contributed by atoms with Crippen molar-refractivity contribution >= 4 is 17.5 Å². The quantitative estimate of drug-likeness (QED) is 0.416. The van der Waals surface area contributed by atoms with Crippen LogP contribution < -0.4 is 10.1 Å². The Balaban J connectivity index is 1.52. The minimum Gasteiger partial charge on any atom is -0.489 e. The topological polar surface area (TPSA) is 56.2 Å². The minimum atomic E-state index is -0.455. The van der Waals surface area contributed by atoms with Crippen LogP contribution in [0.1, 0.15) is 33.4 Å². The fraction of sp³-hybridized carbons (Fsp3) is 0.120. The van der Waals surface area contributed by atoms with Gasteiger partial charge in [-0.05, 0) is 53.6 Å². The van der Waals surface area contributed by atoms with Crippen LogP contribution in [0.5, 0.6) is 5.75 Å².